The molecule has 0 spiro atoms. The lowest BCUT2D eigenvalue weighted by Gasteiger charge is -2.20. The third-order valence-corrected chi connectivity index (χ3v) is 6.05. The molecule has 0 aliphatic carbocycles. The molecule has 182 valence electrons. The van der Waals surface area contributed by atoms with Gasteiger partial charge in [-0.05, 0) is 49.2 Å². The van der Waals surface area contributed by atoms with E-state index in [1.54, 1.807) is 18.3 Å². The number of hydrogen-bond donors (Lipinski definition) is 3. The number of nitrogens with zero attached hydrogens (tertiary/aromatic N) is 1. The molecule has 1 aromatic heterocycles. The van der Waals surface area contributed by atoms with Crippen LogP contribution in [0.5, 0.6) is 5.75 Å². The second-order valence-corrected chi connectivity index (χ2v) is 9.13. The minimum Gasteiger partial charge on any atom is -0.481 e. The fraction of sp³-hybridized carbons (Fsp3) is 0.381. The van der Waals surface area contributed by atoms with E-state index in [9.17, 15) is 18.0 Å². The van der Waals surface area contributed by atoms with E-state index in [1.165, 1.54) is 30.5 Å². The number of aliphatic carboxylic acids is 1. The maximum absolute atomic E-state index is 12.7. The van der Waals surface area contributed by atoms with Gasteiger partial charge in [-0.15, -0.1) is 12.4 Å². The Morgan fingerprint density at radius 3 is 2.42 bits per heavy atom. The molecule has 0 bridgehead atoms. The Hall–Kier alpha value is -2.40. The molecule has 0 radical (unpaired) electrons. The first-order valence-electron chi connectivity index (χ1n) is 10.1. The van der Waals surface area contributed by atoms with Gasteiger partial charge in [0.2, 0.25) is 15.9 Å². The van der Waals surface area contributed by atoms with Crippen LogP contribution in [-0.4, -0.2) is 43.2 Å². The molecule has 1 aromatic carbocycles. The number of aromatic nitrogens is 1. The number of carboxylic acids is 1. The molecule has 1 atom stereocenters. The van der Waals surface area contributed by atoms with E-state index in [2.05, 4.69) is 15.0 Å². The summed E-state index contributed by atoms with van der Waals surface area (Å²) in [5, 5.41) is 11.7. The first-order valence-corrected chi connectivity index (χ1v) is 12.0. The van der Waals surface area contributed by atoms with Crippen LogP contribution in [-0.2, 0) is 19.6 Å². The number of nitrogens with one attached hydrogen (secondary N) is 2. The van der Waals surface area contributed by atoms with Crippen LogP contribution in [0, 0.1) is 0 Å². The Labute approximate surface area is 204 Å². The number of sulfonamides is 1. The topological polar surface area (TPSA) is 135 Å². The molecule has 0 saturated heterocycles. The molecule has 3 N–H and O–H groups in total. The zero-order valence-corrected chi connectivity index (χ0v) is 20.2. The SMILES string of the molecule is Cl.O=C(O)CCCCCCNC(=O)C[C@@H](NS(=O)(=O)c1ccc(Cl)cc1)Oc1cccnc1. The first kappa shape index (κ1) is 28.6. The van der Waals surface area contributed by atoms with Crippen molar-refractivity contribution >= 4 is 45.9 Å². The Morgan fingerprint density at radius 1 is 1.09 bits per heavy atom. The zero-order chi connectivity index (χ0) is 23.4. The van der Waals surface area contributed by atoms with E-state index < -0.39 is 22.2 Å². The Bertz CT molecular complexity index is 975. The van der Waals surface area contributed by atoms with E-state index in [0.717, 1.165) is 12.8 Å². The van der Waals surface area contributed by atoms with Crippen molar-refractivity contribution in [3.63, 3.8) is 0 Å². The highest BCUT2D eigenvalue weighted by Crippen LogP contribution is 2.16. The highest BCUT2D eigenvalue weighted by molar-refractivity contribution is 7.89. The van der Waals surface area contributed by atoms with Crippen LogP contribution in [0.3, 0.4) is 0 Å². The summed E-state index contributed by atoms with van der Waals surface area (Å²) in [7, 11) is -3.97. The molecule has 2 rings (SSSR count). The fourth-order valence-electron chi connectivity index (χ4n) is 2.77. The predicted octanol–water partition coefficient (Wildman–Crippen LogP) is 3.38. The van der Waals surface area contributed by atoms with E-state index in [0.29, 0.717) is 30.2 Å². The van der Waals surface area contributed by atoms with Crippen molar-refractivity contribution in [1.29, 1.82) is 0 Å². The van der Waals surface area contributed by atoms with Crippen LogP contribution in [0.2, 0.25) is 5.02 Å². The van der Waals surface area contributed by atoms with Crippen molar-refractivity contribution in [3.8, 4) is 5.75 Å². The minimum absolute atomic E-state index is 0. The lowest BCUT2D eigenvalue weighted by molar-refractivity contribution is -0.137. The van der Waals surface area contributed by atoms with Crippen LogP contribution in [0.1, 0.15) is 38.5 Å². The summed E-state index contributed by atoms with van der Waals surface area (Å²) < 4.78 is 33.5. The monoisotopic (exact) mass is 519 g/mol. The number of carboxylic acid groups (broad SMARTS) is 1. The number of unbranched alkanes of at least 4 members (excludes halogenated alkanes) is 3. The van der Waals surface area contributed by atoms with Crippen LogP contribution in [0.4, 0.5) is 0 Å². The average Bonchev–Trinajstić information content (AvgIpc) is 2.73. The Kier molecular flexibility index (Phi) is 12.7. The molecular weight excluding hydrogens is 493 g/mol. The van der Waals surface area contributed by atoms with Gasteiger partial charge in [0, 0.05) is 24.2 Å². The molecule has 1 amide bonds. The number of benzene rings is 1. The quantitative estimate of drug-likeness (QED) is 0.257. The molecule has 12 heteroatoms. The second-order valence-electron chi connectivity index (χ2n) is 6.98. The zero-order valence-electron chi connectivity index (χ0n) is 17.8. The van der Waals surface area contributed by atoms with Crippen LogP contribution in [0.15, 0.2) is 53.7 Å². The van der Waals surface area contributed by atoms with Gasteiger partial charge >= 0.3 is 5.97 Å². The van der Waals surface area contributed by atoms with Crippen molar-refractivity contribution in [1.82, 2.24) is 15.0 Å². The largest absolute Gasteiger partial charge is 0.481 e. The van der Waals surface area contributed by atoms with Gasteiger partial charge in [0.05, 0.1) is 17.5 Å². The third-order valence-electron chi connectivity index (χ3n) is 4.33. The van der Waals surface area contributed by atoms with Gasteiger partial charge in [0.25, 0.3) is 0 Å². The number of ether oxygens (including phenoxy) is 1. The Balaban J connectivity index is 0.00000544. The predicted molar refractivity (Wildman–Crippen MR) is 126 cm³/mol. The standard InChI is InChI=1S/C21H26ClN3O6S.ClH/c22-16-8-10-18(11-9-16)32(29,30)25-20(31-17-6-5-12-23-15-17)14-19(26)24-13-4-2-1-3-7-21(27)28;/h5-6,8-12,15,20,25H,1-4,7,13-14H2,(H,24,26)(H,27,28);1H/t20-;/m0./s1. The molecule has 2 aromatic rings. The van der Waals surface area contributed by atoms with Crippen molar-refractivity contribution in [2.45, 2.75) is 49.6 Å². The number of rotatable bonds is 14. The molecule has 33 heavy (non-hydrogen) atoms. The summed E-state index contributed by atoms with van der Waals surface area (Å²) in [6.07, 6.45) is 4.51. The van der Waals surface area contributed by atoms with Crippen molar-refractivity contribution < 1.29 is 27.9 Å². The first-order chi connectivity index (χ1) is 15.3. The van der Waals surface area contributed by atoms with E-state index >= 15 is 0 Å². The van der Waals surface area contributed by atoms with Gasteiger partial charge in [-0.25, -0.2) is 8.42 Å². The summed E-state index contributed by atoms with van der Waals surface area (Å²) in [6.45, 7) is 0.398. The van der Waals surface area contributed by atoms with Gasteiger partial charge < -0.3 is 15.2 Å². The maximum Gasteiger partial charge on any atom is 0.303 e. The fourth-order valence-corrected chi connectivity index (χ4v) is 4.00. The normalized spacial score (nSPS) is 11.8. The van der Waals surface area contributed by atoms with E-state index in [1.807, 2.05) is 0 Å². The number of carbonyl (C=O) groups excluding carboxylic acids is 1. The summed E-state index contributed by atoms with van der Waals surface area (Å²) in [5.41, 5.74) is 0. The molecule has 0 aliphatic rings. The number of pyridine rings is 1. The molecule has 0 unspecified atom stereocenters. The number of carbonyl (C=O) groups is 2. The second kappa shape index (κ2) is 14.7. The van der Waals surface area contributed by atoms with E-state index in [-0.39, 0.29) is 36.1 Å². The van der Waals surface area contributed by atoms with Gasteiger partial charge in [-0.1, -0.05) is 24.4 Å². The van der Waals surface area contributed by atoms with Gasteiger partial charge in [-0.2, -0.15) is 4.72 Å². The Morgan fingerprint density at radius 2 is 1.79 bits per heavy atom. The summed E-state index contributed by atoms with van der Waals surface area (Å²) in [4.78, 5) is 26.8. The number of halogens is 2. The van der Waals surface area contributed by atoms with Gasteiger partial charge in [0.15, 0.2) is 6.23 Å². The molecule has 0 aliphatic heterocycles. The summed E-state index contributed by atoms with van der Waals surface area (Å²) in [5.74, 6) is -0.898. The average molecular weight is 520 g/mol. The molecule has 1 heterocycles. The number of amides is 1. The van der Waals surface area contributed by atoms with Gasteiger partial charge in [0.1, 0.15) is 5.75 Å². The highest BCUT2D eigenvalue weighted by Gasteiger charge is 2.24. The lowest BCUT2D eigenvalue weighted by atomic mass is 10.1. The minimum atomic E-state index is -3.97. The maximum atomic E-state index is 12.7. The van der Waals surface area contributed by atoms with Crippen LogP contribution < -0.4 is 14.8 Å². The smallest absolute Gasteiger partial charge is 0.303 e. The highest BCUT2D eigenvalue weighted by atomic mass is 35.5. The summed E-state index contributed by atoms with van der Waals surface area (Å²) in [6, 6.07) is 8.86. The van der Waals surface area contributed by atoms with Crippen molar-refractivity contribution in [2.75, 3.05) is 6.54 Å². The molecular formula is C21H27Cl2N3O6S. The summed E-state index contributed by atoms with van der Waals surface area (Å²) >= 11 is 5.82. The molecule has 9 nitrogen and oxygen atoms in total. The third kappa shape index (κ3) is 11.3. The van der Waals surface area contributed by atoms with Gasteiger partial charge in [-0.3, -0.25) is 14.6 Å². The lowest BCUT2D eigenvalue weighted by Crippen LogP contribution is -2.42. The van der Waals surface area contributed by atoms with E-state index in [4.69, 9.17) is 21.4 Å². The molecule has 0 saturated carbocycles. The molecule has 0 fully saturated rings. The van der Waals surface area contributed by atoms with Crippen LogP contribution >= 0.6 is 24.0 Å². The number of hydrogen-bond acceptors (Lipinski definition) is 6. The van der Waals surface area contributed by atoms with Crippen LogP contribution in [0.25, 0.3) is 0 Å². The van der Waals surface area contributed by atoms with Crippen molar-refractivity contribution in [2.24, 2.45) is 0 Å². The van der Waals surface area contributed by atoms with Crippen molar-refractivity contribution in [3.05, 3.63) is 53.8 Å².